The summed E-state index contributed by atoms with van der Waals surface area (Å²) in [5, 5.41) is 10.5. The number of carbonyl (C=O) groups is 1. The van der Waals surface area contributed by atoms with Crippen molar-refractivity contribution in [2.24, 2.45) is 0 Å². The van der Waals surface area contributed by atoms with Crippen molar-refractivity contribution in [2.45, 2.75) is 6.92 Å². The molecule has 0 atom stereocenters. The van der Waals surface area contributed by atoms with Gasteiger partial charge >= 0.3 is 5.97 Å². The van der Waals surface area contributed by atoms with E-state index in [-0.39, 0.29) is 5.56 Å². The first-order valence-corrected chi connectivity index (χ1v) is 8.07. The molecule has 0 aliphatic rings. The minimum atomic E-state index is -0.942. The SMILES string of the molecule is Cc1c(-c2ccccc2)oc2ccc(C(=O)O)c(-c3ccccc3)c12. The van der Waals surface area contributed by atoms with Crippen LogP contribution in [0, 0.1) is 6.92 Å². The maximum Gasteiger partial charge on any atom is 0.336 e. The van der Waals surface area contributed by atoms with E-state index in [1.165, 1.54) is 0 Å². The van der Waals surface area contributed by atoms with Crippen molar-refractivity contribution in [3.8, 4) is 22.5 Å². The molecule has 0 spiro atoms. The fraction of sp³-hybridized carbons (Fsp3) is 0.0455. The third kappa shape index (κ3) is 2.50. The van der Waals surface area contributed by atoms with Crippen LogP contribution in [0.2, 0.25) is 0 Å². The van der Waals surface area contributed by atoms with Crippen LogP contribution < -0.4 is 0 Å². The third-order valence-electron chi connectivity index (χ3n) is 4.42. The summed E-state index contributed by atoms with van der Waals surface area (Å²) in [4.78, 5) is 11.8. The van der Waals surface area contributed by atoms with E-state index in [9.17, 15) is 9.90 Å². The molecule has 0 saturated heterocycles. The molecule has 0 aliphatic heterocycles. The zero-order chi connectivity index (χ0) is 17.4. The molecule has 3 heteroatoms. The Hall–Kier alpha value is -3.33. The van der Waals surface area contributed by atoms with Crippen LogP contribution in [-0.2, 0) is 0 Å². The van der Waals surface area contributed by atoms with Gasteiger partial charge in [-0.1, -0.05) is 60.7 Å². The Balaban J connectivity index is 2.09. The van der Waals surface area contributed by atoms with Crippen molar-refractivity contribution in [3.63, 3.8) is 0 Å². The number of rotatable bonds is 3. The normalized spacial score (nSPS) is 10.9. The van der Waals surface area contributed by atoms with Gasteiger partial charge in [-0.15, -0.1) is 0 Å². The van der Waals surface area contributed by atoms with Gasteiger partial charge in [0.05, 0.1) is 5.56 Å². The summed E-state index contributed by atoms with van der Waals surface area (Å²) in [5.74, 6) is -0.169. The lowest BCUT2D eigenvalue weighted by atomic mass is 9.93. The largest absolute Gasteiger partial charge is 0.478 e. The van der Waals surface area contributed by atoms with Crippen molar-refractivity contribution < 1.29 is 14.3 Å². The zero-order valence-electron chi connectivity index (χ0n) is 13.7. The first-order valence-electron chi connectivity index (χ1n) is 8.07. The Labute approximate surface area is 145 Å². The summed E-state index contributed by atoms with van der Waals surface area (Å²) in [6.45, 7) is 1.98. The Morgan fingerprint density at radius 1 is 0.840 bits per heavy atom. The van der Waals surface area contributed by atoms with Gasteiger partial charge in [0.25, 0.3) is 0 Å². The van der Waals surface area contributed by atoms with Crippen LogP contribution in [0.15, 0.2) is 77.2 Å². The maximum absolute atomic E-state index is 11.8. The van der Waals surface area contributed by atoms with Crippen LogP contribution in [0.5, 0.6) is 0 Å². The molecular weight excluding hydrogens is 312 g/mol. The Kier molecular flexibility index (Phi) is 3.62. The van der Waals surface area contributed by atoms with Crippen molar-refractivity contribution >= 4 is 16.9 Å². The molecule has 1 heterocycles. The third-order valence-corrected chi connectivity index (χ3v) is 4.42. The van der Waals surface area contributed by atoms with Gasteiger partial charge in [-0.25, -0.2) is 4.79 Å². The van der Waals surface area contributed by atoms with Gasteiger partial charge in [-0.05, 0) is 24.6 Å². The molecule has 0 radical (unpaired) electrons. The average molecular weight is 328 g/mol. The smallest absolute Gasteiger partial charge is 0.336 e. The Bertz CT molecular complexity index is 1060. The van der Waals surface area contributed by atoms with Crippen LogP contribution >= 0.6 is 0 Å². The van der Waals surface area contributed by atoms with Gasteiger partial charge in [0.1, 0.15) is 11.3 Å². The fourth-order valence-corrected chi connectivity index (χ4v) is 3.29. The Morgan fingerprint density at radius 2 is 1.44 bits per heavy atom. The molecule has 0 saturated carbocycles. The van der Waals surface area contributed by atoms with Crippen molar-refractivity contribution in [1.29, 1.82) is 0 Å². The van der Waals surface area contributed by atoms with Crippen LogP contribution in [0.1, 0.15) is 15.9 Å². The quantitative estimate of drug-likeness (QED) is 0.519. The number of hydrogen-bond donors (Lipinski definition) is 1. The zero-order valence-corrected chi connectivity index (χ0v) is 13.7. The molecule has 0 aliphatic carbocycles. The molecule has 25 heavy (non-hydrogen) atoms. The molecule has 0 unspecified atom stereocenters. The summed E-state index contributed by atoms with van der Waals surface area (Å²) in [7, 11) is 0. The summed E-state index contributed by atoms with van der Waals surface area (Å²) >= 11 is 0. The maximum atomic E-state index is 11.8. The second-order valence-electron chi connectivity index (χ2n) is 5.95. The van der Waals surface area contributed by atoms with E-state index in [1.807, 2.05) is 67.6 Å². The Morgan fingerprint density at radius 3 is 2.04 bits per heavy atom. The van der Waals surface area contributed by atoms with Crippen LogP contribution in [-0.4, -0.2) is 11.1 Å². The first kappa shape index (κ1) is 15.2. The summed E-state index contributed by atoms with van der Waals surface area (Å²) in [6, 6.07) is 22.8. The number of fused-ring (bicyclic) bond motifs is 1. The fourth-order valence-electron chi connectivity index (χ4n) is 3.29. The monoisotopic (exact) mass is 328 g/mol. The number of carboxylic acids is 1. The average Bonchev–Trinajstić information content (AvgIpc) is 2.99. The molecule has 3 aromatic carbocycles. The van der Waals surface area contributed by atoms with Crippen LogP contribution in [0.4, 0.5) is 0 Å². The van der Waals surface area contributed by atoms with E-state index < -0.39 is 5.97 Å². The van der Waals surface area contributed by atoms with E-state index in [2.05, 4.69) is 0 Å². The summed E-state index contributed by atoms with van der Waals surface area (Å²) < 4.78 is 6.09. The molecule has 0 fully saturated rings. The van der Waals surface area contributed by atoms with Crippen molar-refractivity contribution in [3.05, 3.63) is 83.9 Å². The lowest BCUT2D eigenvalue weighted by Crippen LogP contribution is -2.00. The number of furan rings is 1. The first-order chi connectivity index (χ1) is 12.2. The van der Waals surface area contributed by atoms with E-state index >= 15 is 0 Å². The topological polar surface area (TPSA) is 50.4 Å². The second-order valence-corrected chi connectivity index (χ2v) is 5.95. The van der Waals surface area contributed by atoms with Gasteiger partial charge in [0.2, 0.25) is 0 Å². The number of aryl methyl sites for hydroxylation is 1. The number of benzene rings is 3. The lowest BCUT2D eigenvalue weighted by molar-refractivity contribution is 0.0698. The minimum absolute atomic E-state index is 0.280. The predicted molar refractivity (Wildman–Crippen MR) is 98.8 cm³/mol. The molecule has 4 aromatic rings. The van der Waals surface area contributed by atoms with Gasteiger partial charge in [-0.3, -0.25) is 0 Å². The molecular formula is C22H16O3. The second kappa shape index (κ2) is 5.95. The molecule has 1 aromatic heterocycles. The summed E-state index contributed by atoms with van der Waals surface area (Å²) in [5.41, 5.74) is 4.47. The molecule has 0 amide bonds. The molecule has 1 N–H and O–H groups in total. The molecule has 4 rings (SSSR count). The van der Waals surface area contributed by atoms with Gasteiger partial charge in [0, 0.05) is 22.1 Å². The number of aromatic carboxylic acids is 1. The molecule has 3 nitrogen and oxygen atoms in total. The van der Waals surface area contributed by atoms with Crippen molar-refractivity contribution in [1.82, 2.24) is 0 Å². The van der Waals surface area contributed by atoms with Crippen LogP contribution in [0.3, 0.4) is 0 Å². The summed E-state index contributed by atoms with van der Waals surface area (Å²) in [6.07, 6.45) is 0. The molecule has 0 bridgehead atoms. The van der Waals surface area contributed by atoms with E-state index in [0.29, 0.717) is 11.1 Å². The number of hydrogen-bond acceptors (Lipinski definition) is 2. The highest BCUT2D eigenvalue weighted by atomic mass is 16.4. The minimum Gasteiger partial charge on any atom is -0.478 e. The van der Waals surface area contributed by atoms with Crippen LogP contribution in [0.25, 0.3) is 33.4 Å². The van der Waals surface area contributed by atoms with E-state index in [1.54, 1.807) is 12.1 Å². The highest BCUT2D eigenvalue weighted by Gasteiger charge is 2.21. The highest BCUT2D eigenvalue weighted by Crippen LogP contribution is 2.40. The van der Waals surface area contributed by atoms with Gasteiger partial charge in [0.15, 0.2) is 0 Å². The standard InChI is InChI=1S/C22H16O3/c1-14-19-18(25-21(14)16-10-6-3-7-11-16)13-12-17(22(23)24)20(19)15-8-4-2-5-9-15/h2-13H,1H3,(H,23,24). The van der Waals surface area contributed by atoms with Crippen molar-refractivity contribution in [2.75, 3.05) is 0 Å². The van der Waals surface area contributed by atoms with Gasteiger partial charge < -0.3 is 9.52 Å². The number of carboxylic acid groups (broad SMARTS) is 1. The van der Waals surface area contributed by atoms with Gasteiger partial charge in [-0.2, -0.15) is 0 Å². The van der Waals surface area contributed by atoms with E-state index in [0.717, 1.165) is 27.8 Å². The molecule has 122 valence electrons. The highest BCUT2D eigenvalue weighted by molar-refractivity contribution is 6.09. The van der Waals surface area contributed by atoms with E-state index in [4.69, 9.17) is 4.42 Å². The lowest BCUT2D eigenvalue weighted by Gasteiger charge is -2.08. The predicted octanol–water partition coefficient (Wildman–Crippen LogP) is 5.77.